The van der Waals surface area contributed by atoms with Gasteiger partial charge < -0.3 is 20.3 Å². The molecule has 0 aromatic heterocycles. The van der Waals surface area contributed by atoms with Crippen molar-refractivity contribution < 1.29 is 26.6 Å². The Morgan fingerprint density at radius 1 is 1.17 bits per heavy atom. The lowest BCUT2D eigenvalue weighted by Crippen LogP contribution is -2.49. The minimum absolute atomic E-state index is 0.0980. The van der Waals surface area contributed by atoms with Gasteiger partial charge in [0.1, 0.15) is 5.75 Å². The van der Waals surface area contributed by atoms with E-state index in [9.17, 15) is 15.0 Å². The topological polar surface area (TPSA) is 78.8 Å². The number of benzene rings is 2. The van der Waals surface area contributed by atoms with Crippen LogP contribution >= 0.6 is 0 Å². The number of aliphatic hydroxyl groups is 2. The molecule has 2 aromatic rings. The highest BCUT2D eigenvalue weighted by atomic mass is 16.5. The summed E-state index contributed by atoms with van der Waals surface area (Å²) in [4.78, 5) is 13.2. The van der Waals surface area contributed by atoms with E-state index in [1.54, 1.807) is 25.1 Å². The number of amides is 1. The second kappa shape index (κ2) is 10.1. The van der Waals surface area contributed by atoms with Gasteiger partial charge in [-0.1, -0.05) is 62.7 Å². The fourth-order valence-electron chi connectivity index (χ4n) is 3.10. The molecule has 164 valence electrons. The molecule has 1 amide bonds. The van der Waals surface area contributed by atoms with Crippen molar-refractivity contribution in [2.75, 3.05) is 6.56 Å². The van der Waals surface area contributed by atoms with Crippen molar-refractivity contribution in [1.29, 1.82) is 0 Å². The van der Waals surface area contributed by atoms with Crippen LogP contribution in [0.4, 0.5) is 0 Å². The zero-order valence-electron chi connectivity index (χ0n) is 23.0. The van der Waals surface area contributed by atoms with E-state index in [1.807, 2.05) is 6.92 Å². The zero-order valence-corrected chi connectivity index (χ0v) is 18.0. The van der Waals surface area contributed by atoms with Crippen LogP contribution < -0.4 is 10.1 Å². The number of hydrogen-bond donors (Lipinski definition) is 3. The molecule has 0 fully saturated rings. The Bertz CT molecular complexity index is 974. The average Bonchev–Trinajstić information content (AvgIpc) is 2.76. The average molecular weight is 419 g/mol. The number of ether oxygens (including phenoxy) is 1. The van der Waals surface area contributed by atoms with Gasteiger partial charge in [-0.3, -0.25) is 4.79 Å². The second-order valence-electron chi connectivity index (χ2n) is 8.12. The first-order valence-corrected chi connectivity index (χ1v) is 10.1. The Labute approximate surface area is 187 Å². The highest BCUT2D eigenvalue weighted by molar-refractivity contribution is 5.86. The summed E-state index contributed by atoms with van der Waals surface area (Å²) in [7, 11) is 0. The number of carbonyl (C=O) groups excluding carboxylic acids is 1. The van der Waals surface area contributed by atoms with Gasteiger partial charge in [-0.2, -0.15) is 0 Å². The molecule has 0 saturated heterocycles. The van der Waals surface area contributed by atoms with Gasteiger partial charge in [-0.25, -0.2) is 0 Å². The molecule has 2 rings (SSSR count). The predicted molar refractivity (Wildman–Crippen MR) is 119 cm³/mol. The van der Waals surface area contributed by atoms with Crippen molar-refractivity contribution in [3.63, 3.8) is 0 Å². The van der Waals surface area contributed by atoms with Crippen LogP contribution in [0.15, 0.2) is 54.6 Å². The number of nitrogens with one attached hydrogen (secondary N) is 1. The van der Waals surface area contributed by atoms with Crippen molar-refractivity contribution in [2.45, 2.75) is 64.6 Å². The van der Waals surface area contributed by atoms with Gasteiger partial charge in [-0.05, 0) is 56.3 Å². The summed E-state index contributed by atoms with van der Waals surface area (Å²) >= 11 is 0. The standard InChI is InChI=1S/C25H35NO4/c1-6-10-18(2)17-30-21-15-13-19(14-16-21)22(24(3,4)28)26-23(27)25(5,29)20-11-8-7-9-12-20/h7-9,11-16,18,22,28-29H,6,10,17H2,1-5H3,(H,26,27)/t18-,22-,25-/m1/s1/i5D3,17D2. The lowest BCUT2D eigenvalue weighted by atomic mass is 9.89. The number of rotatable bonds is 10. The molecule has 2 aromatic carbocycles. The zero-order chi connectivity index (χ0) is 26.7. The first kappa shape index (κ1) is 17.3. The number of hydrogen-bond acceptors (Lipinski definition) is 4. The Balaban J connectivity index is 2.35. The largest absolute Gasteiger partial charge is 0.493 e. The molecule has 0 heterocycles. The van der Waals surface area contributed by atoms with E-state index in [0.29, 0.717) is 12.0 Å². The van der Waals surface area contributed by atoms with Crippen LogP contribution in [0.5, 0.6) is 5.75 Å². The second-order valence-corrected chi connectivity index (χ2v) is 8.12. The smallest absolute Gasteiger partial charge is 0.256 e. The maximum Gasteiger partial charge on any atom is 0.256 e. The maximum absolute atomic E-state index is 13.2. The quantitative estimate of drug-likeness (QED) is 0.536. The highest BCUT2D eigenvalue weighted by Gasteiger charge is 2.37. The lowest BCUT2D eigenvalue weighted by molar-refractivity contribution is -0.141. The van der Waals surface area contributed by atoms with Crippen molar-refractivity contribution >= 4 is 5.91 Å². The third kappa shape index (κ3) is 6.31. The van der Waals surface area contributed by atoms with E-state index >= 15 is 0 Å². The molecule has 0 aliphatic heterocycles. The molecule has 3 N–H and O–H groups in total. The molecule has 0 aliphatic rings. The van der Waals surface area contributed by atoms with Crippen LogP contribution in [-0.2, 0) is 10.4 Å². The molecule has 30 heavy (non-hydrogen) atoms. The van der Waals surface area contributed by atoms with Gasteiger partial charge in [0.2, 0.25) is 0 Å². The Morgan fingerprint density at radius 3 is 2.33 bits per heavy atom. The van der Waals surface area contributed by atoms with E-state index in [1.165, 1.54) is 50.2 Å². The molecule has 0 aliphatic carbocycles. The molecular formula is C25H35NO4. The third-order valence-electron chi connectivity index (χ3n) is 4.82. The Morgan fingerprint density at radius 2 is 1.80 bits per heavy atom. The van der Waals surface area contributed by atoms with Crippen molar-refractivity contribution in [3.05, 3.63) is 65.7 Å². The summed E-state index contributed by atoms with van der Waals surface area (Å²) in [5, 5.41) is 24.4. The van der Waals surface area contributed by atoms with E-state index in [0.717, 1.165) is 6.42 Å². The van der Waals surface area contributed by atoms with Gasteiger partial charge in [0.05, 0.1) is 20.9 Å². The summed E-state index contributed by atoms with van der Waals surface area (Å²) < 4.78 is 45.4. The maximum atomic E-state index is 13.2. The van der Waals surface area contributed by atoms with Crippen molar-refractivity contribution in [2.24, 2.45) is 5.92 Å². The molecule has 3 atom stereocenters. The van der Waals surface area contributed by atoms with Crippen LogP contribution in [0.25, 0.3) is 0 Å². The lowest BCUT2D eigenvalue weighted by Gasteiger charge is -2.33. The molecule has 5 nitrogen and oxygen atoms in total. The van der Waals surface area contributed by atoms with Gasteiger partial charge in [0.25, 0.3) is 5.91 Å². The van der Waals surface area contributed by atoms with Gasteiger partial charge in [0.15, 0.2) is 5.60 Å². The molecule has 0 bridgehead atoms. The van der Waals surface area contributed by atoms with E-state index in [2.05, 4.69) is 5.32 Å². The van der Waals surface area contributed by atoms with Crippen LogP contribution in [0.3, 0.4) is 0 Å². The van der Waals surface area contributed by atoms with Crippen LogP contribution in [0.2, 0.25) is 0 Å². The van der Waals surface area contributed by atoms with Crippen molar-refractivity contribution in [3.8, 4) is 5.75 Å². The summed E-state index contributed by atoms with van der Waals surface area (Å²) in [6.07, 6.45) is 1.48. The summed E-state index contributed by atoms with van der Waals surface area (Å²) in [6, 6.07) is 12.4. The summed E-state index contributed by atoms with van der Waals surface area (Å²) in [6.45, 7) is 1.68. The third-order valence-corrected chi connectivity index (χ3v) is 4.82. The number of carbonyl (C=O) groups is 1. The minimum atomic E-state index is -3.08. The first-order valence-electron chi connectivity index (χ1n) is 12.6. The predicted octanol–water partition coefficient (Wildman–Crippen LogP) is 4.34. The molecule has 0 saturated carbocycles. The molecule has 0 spiro atoms. The highest BCUT2D eigenvalue weighted by Crippen LogP contribution is 2.29. The van der Waals surface area contributed by atoms with E-state index < -0.39 is 36.6 Å². The molecule has 0 radical (unpaired) electrons. The normalized spacial score (nSPS) is 19.1. The van der Waals surface area contributed by atoms with Gasteiger partial charge in [0, 0.05) is 4.11 Å². The summed E-state index contributed by atoms with van der Waals surface area (Å²) in [5.41, 5.74) is -4.05. The van der Waals surface area contributed by atoms with Crippen LogP contribution in [0.1, 0.15) is 71.4 Å². The monoisotopic (exact) mass is 418 g/mol. The molecular weight excluding hydrogens is 378 g/mol. The van der Waals surface area contributed by atoms with Crippen LogP contribution in [0, 0.1) is 5.92 Å². The van der Waals surface area contributed by atoms with Crippen LogP contribution in [-0.4, -0.2) is 28.3 Å². The van der Waals surface area contributed by atoms with E-state index in [4.69, 9.17) is 11.6 Å². The Kier molecular flexibility index (Phi) is 5.83. The summed E-state index contributed by atoms with van der Waals surface area (Å²) in [5.74, 6) is -1.24. The molecule has 5 heteroatoms. The first-order chi connectivity index (χ1) is 16.0. The van der Waals surface area contributed by atoms with Gasteiger partial charge >= 0.3 is 0 Å². The minimum Gasteiger partial charge on any atom is -0.493 e. The molecule has 0 unspecified atom stereocenters. The van der Waals surface area contributed by atoms with Gasteiger partial charge in [-0.15, -0.1) is 0 Å². The van der Waals surface area contributed by atoms with Crippen molar-refractivity contribution in [1.82, 2.24) is 5.32 Å². The fourth-order valence-corrected chi connectivity index (χ4v) is 3.10. The van der Waals surface area contributed by atoms with E-state index in [-0.39, 0.29) is 17.2 Å². The SMILES string of the molecule is [2H]C([2H])(Oc1ccc([C@@H](NC(=O)[C@](O)(c2ccccc2)C([2H])([2H])[2H])C(C)(C)O)cc1)[C@H](C)CCC. The Hall–Kier alpha value is -2.37. The fraction of sp³-hybridized carbons (Fsp3) is 0.480.